The van der Waals surface area contributed by atoms with Gasteiger partial charge in [-0.25, -0.2) is 18.7 Å². The number of hydrogen-bond acceptors (Lipinski definition) is 7. The number of carbonyl (C=O) groups is 1. The Morgan fingerprint density at radius 1 is 1.30 bits per heavy atom. The van der Waals surface area contributed by atoms with Crippen LogP contribution < -0.4 is 21.3 Å². The summed E-state index contributed by atoms with van der Waals surface area (Å²) in [5, 5.41) is 3.10. The number of rotatable bonds is 8. The van der Waals surface area contributed by atoms with Crippen molar-refractivity contribution in [2.45, 2.75) is 59.2 Å². The molecule has 1 N–H and O–H groups in total. The summed E-state index contributed by atoms with van der Waals surface area (Å²) >= 11 is 1.21. The summed E-state index contributed by atoms with van der Waals surface area (Å²) in [6.45, 7) is 8.55. The Bertz CT molecular complexity index is 1580. The van der Waals surface area contributed by atoms with Gasteiger partial charge in [0.1, 0.15) is 28.2 Å². The number of hydrogen-bond donors (Lipinski definition) is 1. The first-order valence-corrected chi connectivity index (χ1v) is 12.6. The molecule has 0 fully saturated rings. The van der Waals surface area contributed by atoms with Crippen LogP contribution in [0, 0.1) is 12.7 Å². The van der Waals surface area contributed by atoms with E-state index in [-0.39, 0.29) is 19.0 Å². The Kier molecular flexibility index (Phi) is 7.09. The largest absolute Gasteiger partial charge is 0.496 e. The quantitative estimate of drug-likeness (QED) is 0.372. The Labute approximate surface area is 216 Å². The highest BCUT2D eigenvalue weighted by Gasteiger charge is 2.35. The van der Waals surface area contributed by atoms with Crippen LogP contribution >= 0.6 is 11.3 Å². The summed E-state index contributed by atoms with van der Waals surface area (Å²) in [5.41, 5.74) is -1.54. The molecule has 0 spiro atoms. The molecule has 1 aromatic carbocycles. The maximum Gasteiger partial charge on any atom is 0.333 e. The molecule has 0 saturated heterocycles. The van der Waals surface area contributed by atoms with Gasteiger partial charge >= 0.3 is 5.69 Å². The van der Waals surface area contributed by atoms with Gasteiger partial charge in [-0.05, 0) is 70.4 Å². The van der Waals surface area contributed by atoms with Crippen LogP contribution in [0.5, 0.6) is 5.75 Å². The molecule has 0 bridgehead atoms. The molecule has 0 aliphatic heterocycles. The average Bonchev–Trinajstić information content (AvgIpc) is 3.46. The van der Waals surface area contributed by atoms with E-state index in [2.05, 4.69) is 10.3 Å². The molecule has 9 nitrogen and oxygen atoms in total. The SMILES string of the molecule is COc1ccc(F)cc1CCn1c(=O)n(C(C)(C)C(=O)NC(C)C)c(=O)c2c(C)c(-c3ncco3)sc21. The van der Waals surface area contributed by atoms with E-state index in [1.54, 1.807) is 20.8 Å². The van der Waals surface area contributed by atoms with Gasteiger partial charge < -0.3 is 14.5 Å². The molecule has 196 valence electrons. The molecular formula is C26H29FN4O5S. The Morgan fingerprint density at radius 3 is 2.65 bits per heavy atom. The highest BCUT2D eigenvalue weighted by atomic mass is 32.1. The molecule has 0 unspecified atom stereocenters. The maximum atomic E-state index is 14.0. The number of oxazole rings is 1. The average molecular weight is 529 g/mol. The van der Waals surface area contributed by atoms with Crippen molar-refractivity contribution in [2.24, 2.45) is 0 Å². The highest BCUT2D eigenvalue weighted by molar-refractivity contribution is 7.22. The van der Waals surface area contributed by atoms with Crippen LogP contribution in [0.1, 0.15) is 38.8 Å². The lowest BCUT2D eigenvalue weighted by Gasteiger charge is -2.27. The molecule has 11 heteroatoms. The number of ether oxygens (including phenoxy) is 1. The van der Waals surface area contributed by atoms with Crippen molar-refractivity contribution in [1.82, 2.24) is 19.4 Å². The van der Waals surface area contributed by atoms with Crippen molar-refractivity contribution in [3.05, 3.63) is 68.4 Å². The minimum absolute atomic E-state index is 0.113. The van der Waals surface area contributed by atoms with Crippen LogP contribution in [0.25, 0.3) is 21.0 Å². The fourth-order valence-electron chi connectivity index (χ4n) is 4.29. The second kappa shape index (κ2) is 9.97. The van der Waals surface area contributed by atoms with Crippen molar-refractivity contribution in [3.8, 4) is 16.5 Å². The van der Waals surface area contributed by atoms with Crippen LogP contribution in [-0.4, -0.2) is 33.2 Å². The molecule has 4 rings (SSSR count). The third-order valence-electron chi connectivity index (χ3n) is 6.22. The van der Waals surface area contributed by atoms with E-state index in [1.807, 2.05) is 0 Å². The number of benzene rings is 1. The summed E-state index contributed by atoms with van der Waals surface area (Å²) < 4.78 is 27.3. The van der Waals surface area contributed by atoms with Gasteiger partial charge in [-0.3, -0.25) is 14.2 Å². The van der Waals surface area contributed by atoms with Crippen LogP contribution in [0.2, 0.25) is 0 Å². The number of nitrogens with zero attached hydrogens (tertiary/aromatic N) is 3. The predicted octanol–water partition coefficient (Wildman–Crippen LogP) is 3.84. The third-order valence-corrected chi connectivity index (χ3v) is 7.52. The van der Waals surface area contributed by atoms with Gasteiger partial charge in [-0.15, -0.1) is 11.3 Å². The summed E-state index contributed by atoms with van der Waals surface area (Å²) in [6.07, 6.45) is 3.18. The molecule has 37 heavy (non-hydrogen) atoms. The van der Waals surface area contributed by atoms with Gasteiger partial charge in [-0.1, -0.05) is 0 Å². The van der Waals surface area contributed by atoms with Crippen molar-refractivity contribution in [3.63, 3.8) is 0 Å². The predicted molar refractivity (Wildman–Crippen MR) is 140 cm³/mol. The lowest BCUT2D eigenvalue weighted by Crippen LogP contribution is -2.56. The van der Waals surface area contributed by atoms with E-state index in [9.17, 15) is 18.8 Å². The van der Waals surface area contributed by atoms with Crippen molar-refractivity contribution in [2.75, 3.05) is 7.11 Å². The number of amides is 1. The van der Waals surface area contributed by atoms with Crippen LogP contribution in [0.4, 0.5) is 4.39 Å². The highest BCUT2D eigenvalue weighted by Crippen LogP contribution is 2.36. The van der Waals surface area contributed by atoms with Gasteiger partial charge in [-0.2, -0.15) is 0 Å². The number of methoxy groups -OCH3 is 1. The zero-order chi connectivity index (χ0) is 27.1. The Morgan fingerprint density at radius 2 is 2.03 bits per heavy atom. The fraction of sp³-hybridized carbons (Fsp3) is 0.385. The van der Waals surface area contributed by atoms with E-state index in [0.29, 0.717) is 37.9 Å². The Hall–Kier alpha value is -3.73. The third kappa shape index (κ3) is 4.71. The number of thiophene rings is 1. The molecule has 4 aromatic rings. The van der Waals surface area contributed by atoms with E-state index < -0.39 is 28.5 Å². The summed E-state index contributed by atoms with van der Waals surface area (Å²) in [4.78, 5) is 46.1. The first kappa shape index (κ1) is 26.3. The van der Waals surface area contributed by atoms with Gasteiger partial charge in [0.25, 0.3) is 5.56 Å². The van der Waals surface area contributed by atoms with Crippen molar-refractivity contribution in [1.29, 1.82) is 0 Å². The Balaban J connectivity index is 1.97. The minimum Gasteiger partial charge on any atom is -0.496 e. The number of halogens is 1. The number of nitrogens with one attached hydrogen (secondary N) is 1. The maximum absolute atomic E-state index is 14.0. The molecule has 0 saturated carbocycles. The lowest BCUT2D eigenvalue weighted by molar-refractivity contribution is -0.129. The second-order valence-electron chi connectivity index (χ2n) is 9.54. The molecule has 0 radical (unpaired) electrons. The molecule has 0 atom stereocenters. The molecule has 0 aliphatic carbocycles. The minimum atomic E-state index is -1.48. The van der Waals surface area contributed by atoms with Crippen molar-refractivity contribution < 1.29 is 18.3 Å². The van der Waals surface area contributed by atoms with Gasteiger partial charge in [0.05, 0.1) is 23.6 Å². The standard InChI is InChI=1S/C26H29FN4O5S/c1-14(2)29-24(33)26(4,5)31-22(32)19-15(3)20(21-28-10-12-36-21)37-23(19)30(25(31)34)11-9-16-13-17(27)7-8-18(16)35-6/h7-8,10,12-14H,9,11H2,1-6H3,(H,29,33). The second-order valence-corrected chi connectivity index (χ2v) is 10.5. The molecular weight excluding hydrogens is 499 g/mol. The number of aromatic nitrogens is 3. The smallest absolute Gasteiger partial charge is 0.333 e. The molecule has 1 amide bonds. The van der Waals surface area contributed by atoms with Crippen molar-refractivity contribution >= 4 is 27.5 Å². The summed E-state index contributed by atoms with van der Waals surface area (Å²) in [5.74, 6) is -0.0751. The van der Waals surface area contributed by atoms with Crippen LogP contribution in [0.15, 0.2) is 44.7 Å². The van der Waals surface area contributed by atoms with Gasteiger partial charge in [0.15, 0.2) is 0 Å². The van der Waals surface area contributed by atoms with Gasteiger partial charge in [0, 0.05) is 12.6 Å². The lowest BCUT2D eigenvalue weighted by atomic mass is 10.0. The molecule has 0 aliphatic rings. The summed E-state index contributed by atoms with van der Waals surface area (Å²) in [6, 6.07) is 4.00. The van der Waals surface area contributed by atoms with E-state index in [4.69, 9.17) is 9.15 Å². The van der Waals surface area contributed by atoms with E-state index in [1.165, 1.54) is 67.5 Å². The topological polar surface area (TPSA) is 108 Å². The first-order valence-electron chi connectivity index (χ1n) is 11.8. The zero-order valence-corrected chi connectivity index (χ0v) is 22.4. The van der Waals surface area contributed by atoms with Gasteiger partial charge in [0.2, 0.25) is 11.8 Å². The van der Waals surface area contributed by atoms with E-state index >= 15 is 0 Å². The number of aryl methyl sites for hydroxylation is 3. The molecule has 3 aromatic heterocycles. The molecule has 3 heterocycles. The van der Waals surface area contributed by atoms with Crippen LogP contribution in [-0.2, 0) is 23.3 Å². The number of carbonyl (C=O) groups excluding carboxylic acids is 1. The number of fused-ring (bicyclic) bond motifs is 1. The normalized spacial score (nSPS) is 11.9. The first-order chi connectivity index (χ1) is 17.5. The van der Waals surface area contributed by atoms with Crippen LogP contribution in [0.3, 0.4) is 0 Å². The monoisotopic (exact) mass is 528 g/mol. The fourth-order valence-corrected chi connectivity index (χ4v) is 5.55. The summed E-state index contributed by atoms with van der Waals surface area (Å²) in [7, 11) is 1.49. The van der Waals surface area contributed by atoms with E-state index in [0.717, 1.165) is 4.57 Å². The zero-order valence-electron chi connectivity index (χ0n) is 21.5.